The second-order valence-electron chi connectivity index (χ2n) is 6.76. The molecule has 0 N–H and O–H groups in total. The third-order valence-corrected chi connectivity index (χ3v) is 4.48. The first-order chi connectivity index (χ1) is 10.5. The first-order valence-electron chi connectivity index (χ1n) is 8.36. The molecular formula is C18H29N3O. The third kappa shape index (κ3) is 4.72. The highest BCUT2D eigenvalue weighted by Crippen LogP contribution is 2.27. The molecule has 4 nitrogen and oxygen atoms in total. The third-order valence-electron chi connectivity index (χ3n) is 4.48. The topological polar surface area (TPSA) is 37.7 Å². The van der Waals surface area contributed by atoms with Crippen LogP contribution in [0.2, 0.25) is 0 Å². The van der Waals surface area contributed by atoms with Crippen molar-refractivity contribution in [3.8, 4) is 5.88 Å². The maximum atomic E-state index is 6.03. The van der Waals surface area contributed by atoms with Crippen molar-refractivity contribution in [1.82, 2.24) is 9.88 Å². The number of aryl methyl sites for hydroxylation is 1. The molecule has 0 unspecified atom stereocenters. The second kappa shape index (κ2) is 7.61. The SMILES string of the molecule is Cc1nc(OC2CCC(C)CC2)ccc1/N=C/N(C)C(C)C. The lowest BCUT2D eigenvalue weighted by Crippen LogP contribution is -2.24. The highest BCUT2D eigenvalue weighted by Gasteiger charge is 2.20. The van der Waals surface area contributed by atoms with E-state index in [1.165, 1.54) is 12.8 Å². The number of pyridine rings is 1. The van der Waals surface area contributed by atoms with Crippen LogP contribution >= 0.6 is 0 Å². The van der Waals surface area contributed by atoms with Crippen molar-refractivity contribution >= 4 is 12.0 Å². The second-order valence-corrected chi connectivity index (χ2v) is 6.76. The van der Waals surface area contributed by atoms with Crippen molar-refractivity contribution in [2.75, 3.05) is 7.05 Å². The molecule has 0 aromatic carbocycles. The molecule has 4 heteroatoms. The number of aliphatic imine (C=N–C) groups is 1. The number of aromatic nitrogens is 1. The Hall–Kier alpha value is -1.58. The lowest BCUT2D eigenvalue weighted by Gasteiger charge is -2.26. The molecular weight excluding hydrogens is 274 g/mol. The number of nitrogens with zero attached hydrogens (tertiary/aromatic N) is 3. The fraction of sp³-hybridized carbons (Fsp3) is 0.667. The predicted octanol–water partition coefficient (Wildman–Crippen LogP) is 4.35. The summed E-state index contributed by atoms with van der Waals surface area (Å²) in [5.41, 5.74) is 1.81. The molecule has 0 amide bonds. The van der Waals surface area contributed by atoms with Crippen LogP contribution in [0.1, 0.15) is 52.1 Å². The Morgan fingerprint density at radius 2 is 1.95 bits per heavy atom. The van der Waals surface area contributed by atoms with Gasteiger partial charge in [0.05, 0.1) is 17.7 Å². The van der Waals surface area contributed by atoms with Gasteiger partial charge in [0.15, 0.2) is 0 Å². The van der Waals surface area contributed by atoms with E-state index in [1.54, 1.807) is 0 Å². The summed E-state index contributed by atoms with van der Waals surface area (Å²) in [4.78, 5) is 11.1. The molecule has 0 radical (unpaired) electrons. The average Bonchev–Trinajstić information content (AvgIpc) is 2.48. The molecule has 2 rings (SSSR count). The van der Waals surface area contributed by atoms with Crippen LogP contribution < -0.4 is 4.74 Å². The summed E-state index contributed by atoms with van der Waals surface area (Å²) < 4.78 is 6.03. The van der Waals surface area contributed by atoms with E-state index in [-0.39, 0.29) is 0 Å². The first kappa shape index (κ1) is 16.8. The van der Waals surface area contributed by atoms with Crippen LogP contribution in [0.15, 0.2) is 17.1 Å². The van der Waals surface area contributed by atoms with Crippen molar-refractivity contribution in [2.45, 2.75) is 65.5 Å². The molecule has 0 saturated heterocycles. The van der Waals surface area contributed by atoms with Gasteiger partial charge in [-0.3, -0.25) is 0 Å². The van der Waals surface area contributed by atoms with Gasteiger partial charge in [-0.05, 0) is 58.4 Å². The summed E-state index contributed by atoms with van der Waals surface area (Å²) in [6, 6.07) is 4.37. The number of hydrogen-bond donors (Lipinski definition) is 0. The Bertz CT molecular complexity index is 505. The predicted molar refractivity (Wildman–Crippen MR) is 92.1 cm³/mol. The largest absolute Gasteiger partial charge is 0.474 e. The van der Waals surface area contributed by atoms with Crippen molar-refractivity contribution in [2.24, 2.45) is 10.9 Å². The smallest absolute Gasteiger partial charge is 0.213 e. The molecule has 22 heavy (non-hydrogen) atoms. The summed E-state index contributed by atoms with van der Waals surface area (Å²) in [5, 5.41) is 0. The zero-order valence-corrected chi connectivity index (χ0v) is 14.5. The zero-order valence-electron chi connectivity index (χ0n) is 14.5. The molecule has 1 aliphatic carbocycles. The number of rotatable bonds is 5. The Morgan fingerprint density at radius 3 is 2.55 bits per heavy atom. The van der Waals surface area contributed by atoms with E-state index in [4.69, 9.17) is 4.74 Å². The van der Waals surface area contributed by atoms with Crippen LogP contribution in [0, 0.1) is 12.8 Å². The molecule has 0 bridgehead atoms. The van der Waals surface area contributed by atoms with E-state index in [9.17, 15) is 0 Å². The maximum Gasteiger partial charge on any atom is 0.213 e. The molecule has 0 aliphatic heterocycles. The van der Waals surface area contributed by atoms with Crippen LogP contribution in [-0.2, 0) is 0 Å². The maximum absolute atomic E-state index is 6.03. The molecule has 1 aromatic heterocycles. The Labute approximate surface area is 134 Å². The zero-order chi connectivity index (χ0) is 16.1. The number of hydrogen-bond acceptors (Lipinski definition) is 3. The van der Waals surface area contributed by atoms with Gasteiger partial charge in [0, 0.05) is 19.2 Å². The summed E-state index contributed by atoms with van der Waals surface area (Å²) in [6.45, 7) is 8.58. The fourth-order valence-corrected chi connectivity index (χ4v) is 2.54. The average molecular weight is 303 g/mol. The summed E-state index contributed by atoms with van der Waals surface area (Å²) in [7, 11) is 2.03. The minimum Gasteiger partial charge on any atom is -0.474 e. The lowest BCUT2D eigenvalue weighted by molar-refractivity contribution is 0.130. The standard InChI is InChI=1S/C18H29N3O/c1-13(2)21(5)12-19-17-10-11-18(20-15(17)4)22-16-8-6-14(3)7-9-16/h10-14,16H,6-9H2,1-5H3/b19-12+. The molecule has 1 heterocycles. The molecule has 122 valence electrons. The van der Waals surface area contributed by atoms with Gasteiger partial charge in [0.1, 0.15) is 6.10 Å². The van der Waals surface area contributed by atoms with E-state index in [0.717, 1.165) is 36.0 Å². The van der Waals surface area contributed by atoms with E-state index in [1.807, 2.05) is 32.4 Å². The molecule has 1 aliphatic rings. The van der Waals surface area contributed by atoms with Gasteiger partial charge >= 0.3 is 0 Å². The molecule has 1 saturated carbocycles. The van der Waals surface area contributed by atoms with E-state index in [2.05, 4.69) is 35.6 Å². The van der Waals surface area contributed by atoms with Gasteiger partial charge in [0.25, 0.3) is 0 Å². The van der Waals surface area contributed by atoms with Crippen LogP contribution in [-0.4, -0.2) is 35.4 Å². The molecule has 0 atom stereocenters. The Balaban J connectivity index is 1.97. The summed E-state index contributed by atoms with van der Waals surface area (Å²) in [6.07, 6.45) is 6.98. The Kier molecular flexibility index (Phi) is 5.81. The van der Waals surface area contributed by atoms with Gasteiger partial charge < -0.3 is 9.64 Å². The van der Waals surface area contributed by atoms with Gasteiger partial charge in [-0.1, -0.05) is 6.92 Å². The minimum absolute atomic E-state index is 0.324. The van der Waals surface area contributed by atoms with Gasteiger partial charge in [-0.15, -0.1) is 0 Å². The molecule has 0 spiro atoms. The van der Waals surface area contributed by atoms with Crippen LogP contribution in [0.25, 0.3) is 0 Å². The van der Waals surface area contributed by atoms with Gasteiger partial charge in [0.2, 0.25) is 5.88 Å². The van der Waals surface area contributed by atoms with Gasteiger partial charge in [-0.25, -0.2) is 9.98 Å². The molecule has 1 fully saturated rings. The summed E-state index contributed by atoms with van der Waals surface area (Å²) in [5.74, 6) is 1.57. The van der Waals surface area contributed by atoms with E-state index >= 15 is 0 Å². The highest BCUT2D eigenvalue weighted by atomic mass is 16.5. The first-order valence-corrected chi connectivity index (χ1v) is 8.36. The minimum atomic E-state index is 0.324. The fourth-order valence-electron chi connectivity index (χ4n) is 2.54. The van der Waals surface area contributed by atoms with Crippen molar-refractivity contribution in [3.05, 3.63) is 17.8 Å². The molecule has 1 aromatic rings. The Morgan fingerprint density at radius 1 is 1.27 bits per heavy atom. The highest BCUT2D eigenvalue weighted by molar-refractivity contribution is 5.62. The van der Waals surface area contributed by atoms with E-state index < -0.39 is 0 Å². The normalized spacial score (nSPS) is 22.3. The van der Waals surface area contributed by atoms with Crippen LogP contribution in [0.5, 0.6) is 5.88 Å². The summed E-state index contributed by atoms with van der Waals surface area (Å²) >= 11 is 0. The van der Waals surface area contributed by atoms with E-state index in [0.29, 0.717) is 12.1 Å². The number of ether oxygens (including phenoxy) is 1. The van der Waals surface area contributed by atoms with Gasteiger partial charge in [-0.2, -0.15) is 0 Å². The lowest BCUT2D eigenvalue weighted by atomic mass is 9.89. The van der Waals surface area contributed by atoms with Crippen molar-refractivity contribution in [1.29, 1.82) is 0 Å². The van der Waals surface area contributed by atoms with Crippen LogP contribution in [0.4, 0.5) is 5.69 Å². The van der Waals surface area contributed by atoms with Crippen LogP contribution in [0.3, 0.4) is 0 Å². The van der Waals surface area contributed by atoms with Crippen molar-refractivity contribution in [3.63, 3.8) is 0 Å². The monoisotopic (exact) mass is 303 g/mol. The van der Waals surface area contributed by atoms with Crippen molar-refractivity contribution < 1.29 is 4.74 Å². The quantitative estimate of drug-likeness (QED) is 0.599.